The van der Waals surface area contributed by atoms with Crippen LogP contribution in [0, 0.1) is 0 Å². The van der Waals surface area contributed by atoms with Crippen LogP contribution in [0.2, 0.25) is 5.02 Å². The normalized spacial score (nSPS) is 10.6. The molecule has 3 aromatic heterocycles. The Labute approximate surface area is 151 Å². The lowest BCUT2D eigenvalue weighted by atomic mass is 10.0. The minimum absolute atomic E-state index is 0.712. The highest BCUT2D eigenvalue weighted by Crippen LogP contribution is 2.30. The van der Waals surface area contributed by atoms with Gasteiger partial charge in [0.15, 0.2) is 0 Å². The second-order valence-corrected chi connectivity index (χ2v) is 5.97. The van der Waals surface area contributed by atoms with Crippen LogP contribution < -0.4 is 0 Å². The smallest absolute Gasteiger partial charge is 0.0964 e. The maximum atomic E-state index is 6.01. The molecule has 1 aromatic carbocycles. The summed E-state index contributed by atoms with van der Waals surface area (Å²) in [6, 6.07) is 23.4. The first-order valence-electron chi connectivity index (χ1n) is 7.91. The van der Waals surface area contributed by atoms with E-state index in [1.807, 2.05) is 72.8 Å². The van der Waals surface area contributed by atoms with E-state index in [1.165, 1.54) is 0 Å². The first-order valence-corrected chi connectivity index (χ1v) is 8.29. The molecule has 25 heavy (non-hydrogen) atoms. The van der Waals surface area contributed by atoms with Gasteiger partial charge in [0.25, 0.3) is 0 Å². The van der Waals surface area contributed by atoms with Crippen molar-refractivity contribution in [2.45, 2.75) is 0 Å². The summed E-state index contributed by atoms with van der Waals surface area (Å²) in [6.07, 6.45) is 3.55. The van der Waals surface area contributed by atoms with Gasteiger partial charge in [0.2, 0.25) is 0 Å². The molecule has 4 heteroatoms. The highest BCUT2D eigenvalue weighted by molar-refractivity contribution is 6.30. The van der Waals surface area contributed by atoms with E-state index in [-0.39, 0.29) is 0 Å². The molecule has 0 aliphatic heterocycles. The number of rotatable bonds is 3. The first kappa shape index (κ1) is 15.5. The van der Waals surface area contributed by atoms with Crippen LogP contribution in [0.25, 0.3) is 33.9 Å². The highest BCUT2D eigenvalue weighted by Gasteiger charge is 2.11. The third-order valence-corrected chi connectivity index (χ3v) is 4.13. The molecule has 0 saturated carbocycles. The summed E-state index contributed by atoms with van der Waals surface area (Å²) in [5, 5.41) is 0.712. The molecule has 0 saturated heterocycles. The van der Waals surface area contributed by atoms with E-state index in [0.717, 1.165) is 33.9 Å². The zero-order valence-corrected chi connectivity index (χ0v) is 14.1. The van der Waals surface area contributed by atoms with Gasteiger partial charge in [-0.2, -0.15) is 0 Å². The van der Waals surface area contributed by atoms with Gasteiger partial charge in [-0.25, -0.2) is 4.98 Å². The van der Waals surface area contributed by atoms with Crippen LogP contribution in [0.4, 0.5) is 0 Å². The van der Waals surface area contributed by atoms with Crippen molar-refractivity contribution in [3.8, 4) is 33.9 Å². The van der Waals surface area contributed by atoms with Crippen molar-refractivity contribution < 1.29 is 0 Å². The van der Waals surface area contributed by atoms with Crippen molar-refractivity contribution in [1.82, 2.24) is 15.0 Å². The molecule has 0 N–H and O–H groups in total. The molecule has 0 unspecified atom stereocenters. The van der Waals surface area contributed by atoms with Gasteiger partial charge in [-0.1, -0.05) is 41.9 Å². The van der Waals surface area contributed by atoms with Gasteiger partial charge in [-0.05, 0) is 48.0 Å². The fourth-order valence-corrected chi connectivity index (χ4v) is 2.82. The van der Waals surface area contributed by atoms with Crippen LogP contribution in [0.5, 0.6) is 0 Å². The Morgan fingerprint density at radius 1 is 0.600 bits per heavy atom. The van der Waals surface area contributed by atoms with Gasteiger partial charge in [-0.3, -0.25) is 9.97 Å². The largest absolute Gasteiger partial charge is 0.255 e. The topological polar surface area (TPSA) is 38.7 Å². The van der Waals surface area contributed by atoms with Gasteiger partial charge in [0.1, 0.15) is 0 Å². The van der Waals surface area contributed by atoms with Crippen molar-refractivity contribution in [2.75, 3.05) is 0 Å². The van der Waals surface area contributed by atoms with E-state index in [4.69, 9.17) is 16.6 Å². The second-order valence-electron chi connectivity index (χ2n) is 5.53. The van der Waals surface area contributed by atoms with E-state index in [0.29, 0.717) is 5.02 Å². The predicted octanol–water partition coefficient (Wildman–Crippen LogP) is 5.53. The summed E-state index contributed by atoms with van der Waals surface area (Å²) < 4.78 is 0. The van der Waals surface area contributed by atoms with Crippen LogP contribution >= 0.6 is 11.6 Å². The molecule has 0 aliphatic rings. The van der Waals surface area contributed by atoms with E-state index in [9.17, 15) is 0 Å². The van der Waals surface area contributed by atoms with Gasteiger partial charge in [-0.15, -0.1) is 0 Å². The Balaban J connectivity index is 1.82. The molecule has 0 bridgehead atoms. The average Bonchev–Trinajstić information content (AvgIpc) is 2.69. The maximum Gasteiger partial charge on any atom is 0.0964 e. The van der Waals surface area contributed by atoms with Crippen LogP contribution in [0.1, 0.15) is 0 Å². The SMILES string of the molecule is Clc1ccc(-c2cccnc2-c2cccc(-c3ccccn3)n2)cc1. The van der Waals surface area contributed by atoms with E-state index >= 15 is 0 Å². The number of pyridine rings is 3. The Morgan fingerprint density at radius 2 is 1.36 bits per heavy atom. The van der Waals surface area contributed by atoms with E-state index in [1.54, 1.807) is 12.4 Å². The molecule has 0 radical (unpaired) electrons. The van der Waals surface area contributed by atoms with Crippen LogP contribution in [0.3, 0.4) is 0 Å². The third-order valence-electron chi connectivity index (χ3n) is 3.88. The minimum Gasteiger partial charge on any atom is -0.255 e. The lowest BCUT2D eigenvalue weighted by molar-refractivity contribution is 1.22. The number of benzene rings is 1. The second kappa shape index (κ2) is 6.83. The molecule has 120 valence electrons. The predicted molar refractivity (Wildman–Crippen MR) is 101 cm³/mol. The van der Waals surface area contributed by atoms with Crippen molar-refractivity contribution in [3.05, 3.63) is 90.2 Å². The molecule has 3 heterocycles. The summed E-state index contributed by atoms with van der Waals surface area (Å²) in [4.78, 5) is 13.7. The molecule has 3 nitrogen and oxygen atoms in total. The third kappa shape index (κ3) is 3.28. The lowest BCUT2D eigenvalue weighted by Gasteiger charge is -2.09. The van der Waals surface area contributed by atoms with E-state index in [2.05, 4.69) is 9.97 Å². The van der Waals surface area contributed by atoms with Gasteiger partial charge < -0.3 is 0 Å². The average molecular weight is 344 g/mol. The maximum absolute atomic E-state index is 6.01. The monoisotopic (exact) mass is 343 g/mol. The number of hydrogen-bond acceptors (Lipinski definition) is 3. The Kier molecular flexibility index (Phi) is 4.23. The minimum atomic E-state index is 0.712. The number of aromatic nitrogens is 3. The number of hydrogen-bond donors (Lipinski definition) is 0. The van der Waals surface area contributed by atoms with E-state index < -0.39 is 0 Å². The highest BCUT2D eigenvalue weighted by atomic mass is 35.5. The summed E-state index contributed by atoms with van der Waals surface area (Å²) in [5.41, 5.74) is 5.39. The molecule has 0 atom stereocenters. The fraction of sp³-hybridized carbons (Fsp3) is 0. The van der Waals surface area contributed by atoms with Gasteiger partial charge in [0.05, 0.1) is 22.8 Å². The lowest BCUT2D eigenvalue weighted by Crippen LogP contribution is -1.94. The summed E-state index contributed by atoms with van der Waals surface area (Å²) >= 11 is 6.01. The van der Waals surface area contributed by atoms with Crippen molar-refractivity contribution in [3.63, 3.8) is 0 Å². The Morgan fingerprint density at radius 3 is 2.16 bits per heavy atom. The van der Waals surface area contributed by atoms with Crippen LogP contribution in [0.15, 0.2) is 85.2 Å². The van der Waals surface area contributed by atoms with Gasteiger partial charge in [0, 0.05) is 23.0 Å². The van der Waals surface area contributed by atoms with Crippen molar-refractivity contribution in [1.29, 1.82) is 0 Å². The quantitative estimate of drug-likeness (QED) is 0.491. The van der Waals surface area contributed by atoms with Crippen LogP contribution in [-0.2, 0) is 0 Å². The number of nitrogens with zero attached hydrogens (tertiary/aromatic N) is 3. The summed E-state index contributed by atoms with van der Waals surface area (Å²) in [5.74, 6) is 0. The molecule has 0 fully saturated rings. The molecule has 0 spiro atoms. The molecule has 0 aliphatic carbocycles. The molecular weight excluding hydrogens is 330 g/mol. The standard InChI is InChI=1S/C21H14ClN3/c22-16-11-9-15(10-12-16)17-5-4-14-24-21(17)20-8-3-7-19(25-20)18-6-1-2-13-23-18/h1-14H. The zero-order valence-electron chi connectivity index (χ0n) is 13.3. The molecular formula is C21H14ClN3. The zero-order chi connectivity index (χ0) is 17.1. The van der Waals surface area contributed by atoms with Crippen molar-refractivity contribution >= 4 is 11.6 Å². The number of halogens is 1. The summed E-state index contributed by atoms with van der Waals surface area (Å²) in [6.45, 7) is 0. The molecule has 4 rings (SSSR count). The molecule has 4 aromatic rings. The summed E-state index contributed by atoms with van der Waals surface area (Å²) in [7, 11) is 0. The first-order chi connectivity index (χ1) is 12.3. The Hall–Kier alpha value is -3.04. The van der Waals surface area contributed by atoms with Gasteiger partial charge >= 0.3 is 0 Å². The fourth-order valence-electron chi connectivity index (χ4n) is 2.70. The molecule has 0 amide bonds. The Bertz CT molecular complexity index is 999. The van der Waals surface area contributed by atoms with Crippen molar-refractivity contribution in [2.24, 2.45) is 0 Å². The van der Waals surface area contributed by atoms with Crippen LogP contribution in [-0.4, -0.2) is 15.0 Å².